The van der Waals surface area contributed by atoms with Gasteiger partial charge in [0.15, 0.2) is 0 Å². The van der Waals surface area contributed by atoms with Crippen molar-refractivity contribution < 1.29 is 0 Å². The minimum Gasteiger partial charge on any atom is -0.0619 e. The van der Waals surface area contributed by atoms with Crippen LogP contribution in [0.1, 0.15) is 22.3 Å². The highest BCUT2D eigenvalue weighted by molar-refractivity contribution is 5.99. The van der Waals surface area contributed by atoms with Crippen LogP contribution in [-0.4, -0.2) is 0 Å². The van der Waals surface area contributed by atoms with Crippen LogP contribution >= 0.6 is 0 Å². The average molecular weight is 467 g/mol. The predicted molar refractivity (Wildman–Crippen MR) is 153 cm³/mol. The highest BCUT2D eigenvalue weighted by Gasteiger charge is 2.51. The van der Waals surface area contributed by atoms with E-state index in [-0.39, 0.29) is 5.41 Å². The van der Waals surface area contributed by atoms with Gasteiger partial charge in [0.25, 0.3) is 0 Å². The van der Waals surface area contributed by atoms with E-state index in [1.54, 1.807) is 0 Å². The summed E-state index contributed by atoms with van der Waals surface area (Å²) in [7, 11) is 0. The minimum atomic E-state index is -0.321. The summed E-state index contributed by atoms with van der Waals surface area (Å²) >= 11 is 0. The molecule has 1 spiro atoms. The summed E-state index contributed by atoms with van der Waals surface area (Å²) in [5.74, 6) is 0. The first-order valence-corrected chi connectivity index (χ1v) is 13.0. The Hall–Kier alpha value is -4.68. The predicted octanol–water partition coefficient (Wildman–Crippen LogP) is 9.34. The molecule has 0 heterocycles. The second-order valence-corrected chi connectivity index (χ2v) is 10.5. The zero-order chi connectivity index (χ0) is 24.1. The molecule has 0 saturated heterocycles. The Bertz CT molecular complexity index is 1790. The summed E-state index contributed by atoms with van der Waals surface area (Å²) in [4.78, 5) is 0. The number of fused-ring (bicyclic) bond motifs is 11. The van der Waals surface area contributed by atoms with Crippen molar-refractivity contribution in [3.05, 3.63) is 156 Å². The molecule has 4 bridgehead atoms. The van der Waals surface area contributed by atoms with Crippen molar-refractivity contribution in [2.75, 3.05) is 0 Å². The van der Waals surface area contributed by atoms with Crippen LogP contribution in [0.15, 0.2) is 133 Å². The van der Waals surface area contributed by atoms with Crippen LogP contribution < -0.4 is 0 Å². The second-order valence-electron chi connectivity index (χ2n) is 10.5. The number of rotatable bonds is 0. The van der Waals surface area contributed by atoms with Crippen LogP contribution in [0.2, 0.25) is 0 Å². The van der Waals surface area contributed by atoms with E-state index >= 15 is 0 Å². The van der Waals surface area contributed by atoms with Gasteiger partial charge < -0.3 is 0 Å². The van der Waals surface area contributed by atoms with Crippen molar-refractivity contribution in [1.82, 2.24) is 0 Å². The van der Waals surface area contributed by atoms with Crippen molar-refractivity contribution in [3.63, 3.8) is 0 Å². The molecule has 0 unspecified atom stereocenters. The smallest absolute Gasteiger partial charge is 0.0619 e. The molecular weight excluding hydrogens is 444 g/mol. The molecule has 0 N–H and O–H groups in total. The Morgan fingerprint density at radius 1 is 0.270 bits per heavy atom. The lowest BCUT2D eigenvalue weighted by Crippen LogP contribution is -2.26. The third-order valence-corrected chi connectivity index (χ3v) is 8.86. The fourth-order valence-electron chi connectivity index (χ4n) is 7.41. The summed E-state index contributed by atoms with van der Waals surface area (Å²) < 4.78 is 0. The zero-order valence-electron chi connectivity index (χ0n) is 20.2. The van der Waals surface area contributed by atoms with E-state index in [1.165, 1.54) is 77.9 Å². The summed E-state index contributed by atoms with van der Waals surface area (Å²) in [5, 5.41) is 0. The Labute approximate surface area is 216 Å². The average Bonchev–Trinajstić information content (AvgIpc) is 3.43. The van der Waals surface area contributed by atoms with Crippen LogP contribution in [-0.2, 0) is 5.41 Å². The molecule has 9 rings (SSSR count). The van der Waals surface area contributed by atoms with Gasteiger partial charge in [-0.05, 0) is 90.0 Å². The van der Waals surface area contributed by atoms with Gasteiger partial charge in [-0.3, -0.25) is 0 Å². The lowest BCUT2D eigenvalue weighted by Gasteiger charge is -2.31. The van der Waals surface area contributed by atoms with Crippen LogP contribution in [0.5, 0.6) is 0 Å². The molecule has 0 atom stereocenters. The van der Waals surface area contributed by atoms with Crippen molar-refractivity contribution in [3.8, 4) is 55.6 Å². The molecule has 0 nitrogen and oxygen atoms in total. The van der Waals surface area contributed by atoms with Gasteiger partial charge in [-0.15, -0.1) is 0 Å². The van der Waals surface area contributed by atoms with Crippen LogP contribution in [0.25, 0.3) is 55.6 Å². The molecule has 0 amide bonds. The first-order chi connectivity index (χ1) is 18.4. The van der Waals surface area contributed by atoms with Gasteiger partial charge in [-0.25, -0.2) is 0 Å². The summed E-state index contributed by atoms with van der Waals surface area (Å²) in [6, 6.07) is 50.2. The van der Waals surface area contributed by atoms with Crippen molar-refractivity contribution in [2.45, 2.75) is 5.41 Å². The van der Waals surface area contributed by atoms with Gasteiger partial charge >= 0.3 is 0 Å². The third kappa shape index (κ3) is 2.25. The molecule has 3 aliphatic rings. The van der Waals surface area contributed by atoms with Crippen LogP contribution in [0.3, 0.4) is 0 Å². The fraction of sp³-hybridized carbons (Fsp3) is 0.0270. The fourth-order valence-corrected chi connectivity index (χ4v) is 7.41. The Kier molecular flexibility index (Phi) is 3.56. The maximum atomic E-state index is 2.49. The zero-order valence-corrected chi connectivity index (χ0v) is 20.2. The Morgan fingerprint density at radius 2 is 0.622 bits per heavy atom. The lowest BCUT2D eigenvalue weighted by atomic mass is 9.70. The third-order valence-electron chi connectivity index (χ3n) is 8.86. The van der Waals surface area contributed by atoms with E-state index in [0.29, 0.717) is 0 Å². The standard InChI is InChI=1S/C37H22/c1-3-11-27-25(9-1)23-17-19-31-29-13-5-7-15-33(29)37(35(31)21-23)34-16-8-6-14-30(34)32-20-18-24(22-36(32)37)26-10-2-4-12-28(26)27/h1-22H. The van der Waals surface area contributed by atoms with Crippen molar-refractivity contribution in [2.24, 2.45) is 0 Å². The molecule has 0 radical (unpaired) electrons. The highest BCUT2D eigenvalue weighted by Crippen LogP contribution is 2.63. The molecule has 0 saturated carbocycles. The summed E-state index contributed by atoms with van der Waals surface area (Å²) in [5.41, 5.74) is 18.3. The van der Waals surface area contributed by atoms with Gasteiger partial charge in [0.1, 0.15) is 0 Å². The van der Waals surface area contributed by atoms with Gasteiger partial charge in [-0.1, -0.05) is 121 Å². The van der Waals surface area contributed by atoms with E-state index < -0.39 is 0 Å². The quantitative estimate of drug-likeness (QED) is 0.209. The first kappa shape index (κ1) is 19.5. The molecule has 0 heteroatoms. The maximum Gasteiger partial charge on any atom is 0.0725 e. The molecule has 170 valence electrons. The molecule has 6 aromatic carbocycles. The summed E-state index contributed by atoms with van der Waals surface area (Å²) in [6.45, 7) is 0. The molecule has 6 aromatic rings. The van der Waals surface area contributed by atoms with Gasteiger partial charge in [0.05, 0.1) is 5.41 Å². The largest absolute Gasteiger partial charge is 0.0725 e. The molecule has 0 fully saturated rings. The summed E-state index contributed by atoms with van der Waals surface area (Å²) in [6.07, 6.45) is 0. The first-order valence-electron chi connectivity index (χ1n) is 13.0. The lowest BCUT2D eigenvalue weighted by molar-refractivity contribution is 0.794. The van der Waals surface area contributed by atoms with E-state index in [0.717, 1.165) is 0 Å². The van der Waals surface area contributed by atoms with Gasteiger partial charge in [-0.2, -0.15) is 0 Å². The molecule has 0 aromatic heterocycles. The van der Waals surface area contributed by atoms with Gasteiger partial charge in [0.2, 0.25) is 0 Å². The van der Waals surface area contributed by atoms with E-state index in [1.807, 2.05) is 0 Å². The topological polar surface area (TPSA) is 0 Å². The monoisotopic (exact) mass is 466 g/mol. The van der Waals surface area contributed by atoms with Crippen LogP contribution in [0.4, 0.5) is 0 Å². The highest BCUT2D eigenvalue weighted by atomic mass is 14.5. The molecule has 3 aliphatic carbocycles. The van der Waals surface area contributed by atoms with Crippen LogP contribution in [0, 0.1) is 0 Å². The minimum absolute atomic E-state index is 0.321. The number of hydrogen-bond donors (Lipinski definition) is 0. The molecule has 37 heavy (non-hydrogen) atoms. The Balaban J connectivity index is 1.55. The van der Waals surface area contributed by atoms with Crippen molar-refractivity contribution >= 4 is 0 Å². The molecule has 0 aliphatic heterocycles. The van der Waals surface area contributed by atoms with E-state index in [4.69, 9.17) is 0 Å². The van der Waals surface area contributed by atoms with Crippen molar-refractivity contribution in [1.29, 1.82) is 0 Å². The number of benzene rings is 6. The van der Waals surface area contributed by atoms with Gasteiger partial charge in [0, 0.05) is 0 Å². The molecular formula is C37H22. The Morgan fingerprint density at radius 3 is 1.08 bits per heavy atom. The number of hydrogen-bond acceptors (Lipinski definition) is 0. The SMILES string of the molecule is c1ccc2c(c1)-c1ccc3c(c1)C1(c4ccccc4-3)c3ccccc3-c3ccc(cc31)-c1ccccc1-2. The van der Waals surface area contributed by atoms with E-state index in [2.05, 4.69) is 133 Å². The maximum absolute atomic E-state index is 2.49. The second kappa shape index (κ2) is 6.75. The van der Waals surface area contributed by atoms with E-state index in [9.17, 15) is 0 Å². The normalized spacial score (nSPS) is 14.2.